The first-order chi connectivity index (χ1) is 19.3. The molecule has 4 aromatic carbocycles. The Morgan fingerprint density at radius 1 is 0.795 bits per heavy atom. The average molecular weight is 514 g/mol. The number of nitrogens with zero attached hydrogens (tertiary/aromatic N) is 7. The minimum absolute atomic E-state index is 0.547. The Balaban J connectivity index is 1.37. The van der Waals surface area contributed by atoms with Crippen molar-refractivity contribution in [3.05, 3.63) is 114 Å². The Hall–Kier alpha value is -4.78. The molecule has 0 aliphatic rings. The first-order valence-corrected chi connectivity index (χ1v) is 13.5. The van der Waals surface area contributed by atoms with Crippen molar-refractivity contribution in [2.24, 2.45) is 5.10 Å². The Bertz CT molecular complexity index is 1700. The number of benzene rings is 4. The largest absolute Gasteiger partial charge is 0.340 e. The van der Waals surface area contributed by atoms with E-state index < -0.39 is 0 Å². The van der Waals surface area contributed by atoms with Crippen molar-refractivity contribution >= 4 is 39.7 Å². The number of tetrazole rings is 1. The molecule has 0 radical (unpaired) electrons. The summed E-state index contributed by atoms with van der Waals surface area (Å²) < 4.78 is 4.22. The van der Waals surface area contributed by atoms with Crippen molar-refractivity contribution in [3.8, 4) is 0 Å². The van der Waals surface area contributed by atoms with Gasteiger partial charge in [-0.2, -0.15) is 10.1 Å². The first kappa shape index (κ1) is 24.6. The zero-order valence-corrected chi connectivity index (χ0v) is 22.1. The highest BCUT2D eigenvalue weighted by Crippen LogP contribution is 2.30. The van der Waals surface area contributed by atoms with E-state index in [1.807, 2.05) is 54.7 Å². The molecule has 0 unspecified atom stereocenters. The number of fused-ring (bicyclic) bond motifs is 3. The quantitative estimate of drug-likeness (QED) is 0.110. The zero-order valence-electron chi connectivity index (χ0n) is 22.1. The second-order valence-corrected chi connectivity index (χ2v) is 9.67. The van der Waals surface area contributed by atoms with Crippen LogP contribution in [-0.2, 0) is 13.1 Å². The van der Waals surface area contributed by atoms with Crippen LogP contribution in [0.2, 0.25) is 0 Å². The summed E-state index contributed by atoms with van der Waals surface area (Å²) in [5.41, 5.74) is 5.55. The summed E-state index contributed by atoms with van der Waals surface area (Å²) in [4.78, 5) is 0. The van der Waals surface area contributed by atoms with Gasteiger partial charge in [0.05, 0.1) is 18.4 Å². The van der Waals surface area contributed by atoms with Gasteiger partial charge in [0.1, 0.15) is 0 Å². The summed E-state index contributed by atoms with van der Waals surface area (Å²) in [5, 5.41) is 21.8. The van der Waals surface area contributed by atoms with E-state index in [1.165, 1.54) is 41.1 Å². The van der Waals surface area contributed by atoms with Gasteiger partial charge >= 0.3 is 0 Å². The normalized spacial score (nSPS) is 11.6. The zero-order chi connectivity index (χ0) is 26.4. The first-order valence-electron chi connectivity index (χ1n) is 13.5. The standard InChI is InChI=1S/C32H31N7/c1-2-3-12-21-37-30-18-11-10-17-28(30)29-22-26(19-20-31(29)37)23-33-39(27-15-8-5-9-16-27)32-34-35-36-38(32)24-25-13-6-4-7-14-25/h4-11,13-20,22-23H,2-3,12,21,24H2,1H3. The molecule has 6 rings (SSSR count). The third-order valence-electron chi connectivity index (χ3n) is 6.98. The molecule has 0 fully saturated rings. The van der Waals surface area contributed by atoms with Crippen LogP contribution in [0.25, 0.3) is 21.8 Å². The lowest BCUT2D eigenvalue weighted by Crippen LogP contribution is -2.16. The fourth-order valence-electron chi connectivity index (χ4n) is 5.05. The summed E-state index contributed by atoms with van der Waals surface area (Å²) in [7, 11) is 0. The van der Waals surface area contributed by atoms with Gasteiger partial charge in [-0.3, -0.25) is 0 Å². The average Bonchev–Trinajstić information content (AvgIpc) is 3.57. The number of hydrogen-bond acceptors (Lipinski definition) is 5. The van der Waals surface area contributed by atoms with Crippen molar-refractivity contribution < 1.29 is 0 Å². The van der Waals surface area contributed by atoms with E-state index in [-0.39, 0.29) is 0 Å². The molecule has 2 heterocycles. The van der Waals surface area contributed by atoms with Crippen molar-refractivity contribution in [3.63, 3.8) is 0 Å². The highest BCUT2D eigenvalue weighted by Gasteiger charge is 2.17. The second kappa shape index (κ2) is 11.3. The number of rotatable bonds is 10. The lowest BCUT2D eigenvalue weighted by molar-refractivity contribution is 0.627. The van der Waals surface area contributed by atoms with Crippen LogP contribution in [-0.4, -0.2) is 31.0 Å². The van der Waals surface area contributed by atoms with Crippen LogP contribution >= 0.6 is 0 Å². The molecule has 0 saturated heterocycles. The van der Waals surface area contributed by atoms with E-state index in [2.05, 4.69) is 81.6 Å². The predicted molar refractivity (Wildman–Crippen MR) is 159 cm³/mol. The third kappa shape index (κ3) is 5.16. The maximum Gasteiger partial charge on any atom is 0.271 e. The van der Waals surface area contributed by atoms with Gasteiger partial charge in [0.15, 0.2) is 0 Å². The van der Waals surface area contributed by atoms with Gasteiger partial charge < -0.3 is 4.57 Å². The number of para-hydroxylation sites is 2. The van der Waals surface area contributed by atoms with Crippen LogP contribution in [0.5, 0.6) is 0 Å². The van der Waals surface area contributed by atoms with E-state index in [1.54, 1.807) is 9.69 Å². The molecule has 39 heavy (non-hydrogen) atoms. The van der Waals surface area contributed by atoms with E-state index in [4.69, 9.17) is 5.10 Å². The van der Waals surface area contributed by atoms with Crippen LogP contribution in [0, 0.1) is 0 Å². The van der Waals surface area contributed by atoms with E-state index >= 15 is 0 Å². The molecule has 0 saturated carbocycles. The fourth-order valence-corrected chi connectivity index (χ4v) is 5.05. The predicted octanol–water partition coefficient (Wildman–Crippen LogP) is 7.19. The van der Waals surface area contributed by atoms with Crippen molar-refractivity contribution in [1.29, 1.82) is 0 Å². The summed E-state index contributed by atoms with van der Waals surface area (Å²) in [6, 6.07) is 35.4. The molecule has 0 aliphatic heterocycles. The highest BCUT2D eigenvalue weighted by atomic mass is 15.6. The highest BCUT2D eigenvalue weighted by molar-refractivity contribution is 6.09. The molecule has 6 aromatic rings. The van der Waals surface area contributed by atoms with E-state index in [0.29, 0.717) is 12.5 Å². The van der Waals surface area contributed by atoms with Gasteiger partial charge in [0.2, 0.25) is 0 Å². The van der Waals surface area contributed by atoms with Gasteiger partial charge in [-0.15, -0.1) is 0 Å². The smallest absolute Gasteiger partial charge is 0.271 e. The van der Waals surface area contributed by atoms with Crippen LogP contribution in [0.15, 0.2) is 108 Å². The second-order valence-electron chi connectivity index (χ2n) is 9.67. The van der Waals surface area contributed by atoms with Gasteiger partial charge in [-0.25, -0.2) is 4.68 Å². The fraction of sp³-hybridized carbons (Fsp3) is 0.188. The summed E-state index contributed by atoms with van der Waals surface area (Å²) in [6.07, 6.45) is 5.51. The Kier molecular flexibility index (Phi) is 7.12. The van der Waals surface area contributed by atoms with Gasteiger partial charge in [-0.05, 0) is 58.3 Å². The Labute approximate surface area is 228 Å². The van der Waals surface area contributed by atoms with Crippen LogP contribution < -0.4 is 5.01 Å². The number of aryl methyl sites for hydroxylation is 1. The molecule has 0 aliphatic carbocycles. The number of unbranched alkanes of at least 4 members (excludes halogenated alkanes) is 2. The third-order valence-corrected chi connectivity index (χ3v) is 6.98. The lowest BCUT2D eigenvalue weighted by Gasteiger charge is -2.17. The van der Waals surface area contributed by atoms with Crippen LogP contribution in [0.3, 0.4) is 0 Å². The van der Waals surface area contributed by atoms with E-state index in [0.717, 1.165) is 23.4 Å². The topological polar surface area (TPSA) is 64.1 Å². The van der Waals surface area contributed by atoms with Crippen molar-refractivity contribution in [1.82, 2.24) is 24.8 Å². The molecule has 0 bridgehead atoms. The molecule has 2 aromatic heterocycles. The maximum atomic E-state index is 4.90. The molecule has 0 spiro atoms. The molecule has 7 nitrogen and oxygen atoms in total. The van der Waals surface area contributed by atoms with Crippen molar-refractivity contribution in [2.45, 2.75) is 39.3 Å². The maximum absolute atomic E-state index is 4.90. The molecule has 7 heteroatoms. The minimum atomic E-state index is 0.547. The van der Waals surface area contributed by atoms with Gasteiger partial charge in [-0.1, -0.05) is 97.7 Å². The van der Waals surface area contributed by atoms with Crippen molar-refractivity contribution in [2.75, 3.05) is 5.01 Å². The van der Waals surface area contributed by atoms with Gasteiger partial charge in [0, 0.05) is 28.4 Å². The SMILES string of the molecule is CCCCCn1c2ccccc2c2cc(C=NN(c3ccccc3)c3nnnn3Cc3ccccc3)ccc21. The summed E-state index contributed by atoms with van der Waals surface area (Å²) in [6.45, 7) is 3.82. The monoisotopic (exact) mass is 513 g/mol. The summed E-state index contributed by atoms with van der Waals surface area (Å²) >= 11 is 0. The number of aromatic nitrogens is 5. The minimum Gasteiger partial charge on any atom is -0.340 e. The summed E-state index contributed by atoms with van der Waals surface area (Å²) in [5.74, 6) is 0.551. The number of hydrogen-bond donors (Lipinski definition) is 0. The lowest BCUT2D eigenvalue weighted by atomic mass is 10.1. The molecule has 194 valence electrons. The molecule has 0 atom stereocenters. The molecule has 0 amide bonds. The van der Waals surface area contributed by atoms with Crippen LogP contribution in [0.1, 0.15) is 37.3 Å². The van der Waals surface area contributed by atoms with Gasteiger partial charge in [0.25, 0.3) is 5.95 Å². The number of hydrazone groups is 1. The van der Waals surface area contributed by atoms with E-state index in [9.17, 15) is 0 Å². The molecular formula is C32H31N7. The number of anilines is 2. The molecular weight excluding hydrogens is 482 g/mol. The Morgan fingerprint density at radius 3 is 2.36 bits per heavy atom. The Morgan fingerprint density at radius 2 is 1.54 bits per heavy atom. The molecule has 0 N–H and O–H groups in total. The van der Waals surface area contributed by atoms with Crippen LogP contribution in [0.4, 0.5) is 11.6 Å².